The van der Waals surface area contributed by atoms with Gasteiger partial charge in [0, 0.05) is 16.9 Å². The summed E-state index contributed by atoms with van der Waals surface area (Å²) in [7, 11) is 0. The molecule has 0 fully saturated rings. The Morgan fingerprint density at radius 1 is 1.16 bits per heavy atom. The van der Waals surface area contributed by atoms with Gasteiger partial charge in [-0.1, -0.05) is 55.5 Å². The molecule has 2 aromatic heterocycles. The van der Waals surface area contributed by atoms with Crippen molar-refractivity contribution in [3.05, 3.63) is 46.4 Å². The van der Waals surface area contributed by atoms with E-state index in [1.54, 1.807) is 11.3 Å². The zero-order chi connectivity index (χ0) is 17.6. The third kappa shape index (κ3) is 4.49. The monoisotopic (exact) mass is 372 g/mol. The Bertz CT molecular complexity index is 824. The average molecular weight is 373 g/mol. The van der Waals surface area contributed by atoms with E-state index in [1.807, 2.05) is 35.7 Å². The molecule has 5 nitrogen and oxygen atoms in total. The van der Waals surface area contributed by atoms with Crippen LogP contribution in [0.25, 0.3) is 10.6 Å². The molecular weight excluding hydrogens is 352 g/mol. The fourth-order valence-electron chi connectivity index (χ4n) is 2.52. The van der Waals surface area contributed by atoms with E-state index >= 15 is 0 Å². The average Bonchev–Trinajstić information content (AvgIpc) is 3.27. The lowest BCUT2D eigenvalue weighted by atomic mass is 10.1. The molecule has 130 valence electrons. The van der Waals surface area contributed by atoms with Crippen LogP contribution in [-0.2, 0) is 11.2 Å². The summed E-state index contributed by atoms with van der Waals surface area (Å²) in [6, 6.07) is 9.97. The molecule has 0 saturated heterocycles. The van der Waals surface area contributed by atoms with E-state index in [0.717, 1.165) is 34.1 Å². The molecule has 0 aliphatic rings. The maximum atomic E-state index is 12.2. The van der Waals surface area contributed by atoms with Gasteiger partial charge in [0.25, 0.3) is 0 Å². The van der Waals surface area contributed by atoms with Gasteiger partial charge < -0.3 is 5.32 Å². The van der Waals surface area contributed by atoms with Gasteiger partial charge in [0.1, 0.15) is 10.0 Å². The maximum Gasteiger partial charge on any atom is 0.232 e. The van der Waals surface area contributed by atoms with Gasteiger partial charge in [-0.3, -0.25) is 4.79 Å². The lowest BCUT2D eigenvalue weighted by molar-refractivity contribution is -0.115. The topological polar surface area (TPSA) is 67.8 Å². The van der Waals surface area contributed by atoms with Crippen molar-refractivity contribution in [3.63, 3.8) is 0 Å². The number of amides is 1. The minimum Gasteiger partial charge on any atom is -0.300 e. The number of nitrogens with one attached hydrogen (secondary N) is 1. The van der Waals surface area contributed by atoms with E-state index < -0.39 is 0 Å². The first-order valence-electron chi connectivity index (χ1n) is 8.32. The van der Waals surface area contributed by atoms with Crippen LogP contribution >= 0.6 is 22.7 Å². The molecule has 25 heavy (non-hydrogen) atoms. The summed E-state index contributed by atoms with van der Waals surface area (Å²) in [5.41, 5.74) is 1.84. The number of carbonyl (C=O) groups excluding carboxylic acids is 1. The lowest BCUT2D eigenvalue weighted by Gasteiger charge is -2.05. The van der Waals surface area contributed by atoms with Gasteiger partial charge in [-0.05, 0) is 12.8 Å². The van der Waals surface area contributed by atoms with Gasteiger partial charge in [0.2, 0.25) is 11.0 Å². The molecule has 3 rings (SSSR count). The highest BCUT2D eigenvalue weighted by molar-refractivity contribution is 7.15. The van der Waals surface area contributed by atoms with Crippen molar-refractivity contribution < 1.29 is 4.79 Å². The first kappa shape index (κ1) is 17.7. The van der Waals surface area contributed by atoms with Crippen molar-refractivity contribution >= 4 is 33.7 Å². The molecule has 0 atom stereocenters. The van der Waals surface area contributed by atoms with Crippen LogP contribution in [0.2, 0.25) is 0 Å². The fourth-order valence-corrected chi connectivity index (χ4v) is 4.37. The van der Waals surface area contributed by atoms with Gasteiger partial charge in [-0.15, -0.1) is 21.5 Å². The van der Waals surface area contributed by atoms with Crippen LogP contribution in [0.15, 0.2) is 35.7 Å². The molecule has 7 heteroatoms. The van der Waals surface area contributed by atoms with E-state index in [2.05, 4.69) is 34.3 Å². The molecule has 1 amide bonds. The first-order chi connectivity index (χ1) is 12.2. The second kappa shape index (κ2) is 8.31. The third-order valence-corrected chi connectivity index (χ3v) is 5.88. The highest BCUT2D eigenvalue weighted by Gasteiger charge is 2.15. The normalized spacial score (nSPS) is 11.0. The van der Waals surface area contributed by atoms with Crippen molar-refractivity contribution in [2.75, 3.05) is 5.32 Å². The molecule has 0 radical (unpaired) electrons. The van der Waals surface area contributed by atoms with Gasteiger partial charge in [-0.25, -0.2) is 4.98 Å². The molecule has 0 unspecified atom stereocenters. The molecule has 1 aromatic carbocycles. The number of rotatable bonds is 7. The van der Waals surface area contributed by atoms with Crippen LogP contribution in [0, 0.1) is 0 Å². The number of carbonyl (C=O) groups is 1. The zero-order valence-electron chi connectivity index (χ0n) is 14.2. The molecule has 0 aliphatic heterocycles. The largest absolute Gasteiger partial charge is 0.300 e. The molecule has 3 aromatic rings. The number of nitrogens with zero attached hydrogens (tertiary/aromatic N) is 3. The SMILES string of the molecule is CCC(CC)c1nnc(NC(=O)Cc2csc(-c3ccccc3)n2)s1. The van der Waals surface area contributed by atoms with Gasteiger partial charge >= 0.3 is 0 Å². The summed E-state index contributed by atoms with van der Waals surface area (Å²) < 4.78 is 0. The summed E-state index contributed by atoms with van der Waals surface area (Å²) in [4.78, 5) is 16.8. The van der Waals surface area contributed by atoms with Crippen LogP contribution < -0.4 is 5.32 Å². The molecular formula is C18H20N4OS2. The standard InChI is InChI=1S/C18H20N4OS2/c1-3-12(4-2)17-21-22-18(25-17)20-15(23)10-14-11-24-16(19-14)13-8-6-5-7-9-13/h5-9,11-12H,3-4,10H2,1-2H3,(H,20,22,23). The first-order valence-corrected chi connectivity index (χ1v) is 10.0. The Morgan fingerprint density at radius 2 is 1.92 bits per heavy atom. The minimum atomic E-state index is -0.114. The van der Waals surface area contributed by atoms with Crippen molar-refractivity contribution in [3.8, 4) is 10.6 Å². The molecule has 0 saturated carbocycles. The number of benzene rings is 1. The second-order valence-electron chi connectivity index (χ2n) is 5.69. The quantitative estimate of drug-likeness (QED) is 0.650. The van der Waals surface area contributed by atoms with Crippen LogP contribution in [0.3, 0.4) is 0 Å². The number of anilines is 1. The predicted octanol–water partition coefficient (Wildman–Crippen LogP) is 4.75. The third-order valence-electron chi connectivity index (χ3n) is 3.94. The van der Waals surface area contributed by atoms with E-state index in [4.69, 9.17) is 0 Å². The van der Waals surface area contributed by atoms with E-state index in [-0.39, 0.29) is 12.3 Å². The fraction of sp³-hybridized carbons (Fsp3) is 0.333. The van der Waals surface area contributed by atoms with Gasteiger partial charge in [0.15, 0.2) is 0 Å². The predicted molar refractivity (Wildman–Crippen MR) is 103 cm³/mol. The van der Waals surface area contributed by atoms with Gasteiger partial charge in [-0.2, -0.15) is 0 Å². The molecule has 2 heterocycles. The Kier molecular flexibility index (Phi) is 5.88. The zero-order valence-corrected chi connectivity index (χ0v) is 15.9. The summed E-state index contributed by atoms with van der Waals surface area (Å²) in [6.07, 6.45) is 2.30. The number of thiazole rings is 1. The van der Waals surface area contributed by atoms with Crippen LogP contribution in [0.5, 0.6) is 0 Å². The highest BCUT2D eigenvalue weighted by atomic mass is 32.1. The highest BCUT2D eigenvalue weighted by Crippen LogP contribution is 2.28. The van der Waals surface area contributed by atoms with E-state index in [1.165, 1.54) is 11.3 Å². The van der Waals surface area contributed by atoms with Crippen LogP contribution in [-0.4, -0.2) is 21.1 Å². The van der Waals surface area contributed by atoms with Crippen molar-refractivity contribution in [1.82, 2.24) is 15.2 Å². The van der Waals surface area contributed by atoms with E-state index in [9.17, 15) is 4.79 Å². The number of hydrogen-bond acceptors (Lipinski definition) is 6. The number of hydrogen-bond donors (Lipinski definition) is 1. The second-order valence-corrected chi connectivity index (χ2v) is 7.56. The van der Waals surface area contributed by atoms with Crippen LogP contribution in [0.1, 0.15) is 43.3 Å². The Labute approximate surface area is 155 Å². The summed E-state index contributed by atoms with van der Waals surface area (Å²) >= 11 is 3.01. The summed E-state index contributed by atoms with van der Waals surface area (Å²) in [6.45, 7) is 4.28. The molecule has 1 N–H and O–H groups in total. The Hall–Kier alpha value is -2.12. The summed E-state index contributed by atoms with van der Waals surface area (Å²) in [5.74, 6) is 0.298. The Balaban J connectivity index is 1.61. The number of aromatic nitrogens is 3. The summed E-state index contributed by atoms with van der Waals surface area (Å²) in [5, 5.41) is 15.5. The smallest absolute Gasteiger partial charge is 0.232 e. The van der Waals surface area contributed by atoms with Crippen LogP contribution in [0.4, 0.5) is 5.13 Å². The lowest BCUT2D eigenvalue weighted by Crippen LogP contribution is -2.14. The maximum absolute atomic E-state index is 12.2. The minimum absolute atomic E-state index is 0.114. The van der Waals surface area contributed by atoms with E-state index in [0.29, 0.717) is 11.0 Å². The molecule has 0 spiro atoms. The van der Waals surface area contributed by atoms with Crippen molar-refractivity contribution in [2.45, 2.75) is 39.0 Å². The van der Waals surface area contributed by atoms with Crippen molar-refractivity contribution in [1.29, 1.82) is 0 Å². The molecule has 0 bridgehead atoms. The Morgan fingerprint density at radius 3 is 2.64 bits per heavy atom. The van der Waals surface area contributed by atoms with Crippen molar-refractivity contribution in [2.24, 2.45) is 0 Å². The molecule has 0 aliphatic carbocycles. The van der Waals surface area contributed by atoms with Gasteiger partial charge in [0.05, 0.1) is 12.1 Å².